The van der Waals surface area contributed by atoms with Crippen LogP contribution in [0.4, 0.5) is 0 Å². The number of ether oxygens (including phenoxy) is 5. The molecule has 0 saturated heterocycles. The molecule has 0 aromatic heterocycles. The molecule has 0 bridgehead atoms. The number of hydrogen-bond donors (Lipinski definition) is 0. The largest absolute Gasteiger partial charge is 0.476 e. The molecule has 20 heteroatoms. The van der Waals surface area contributed by atoms with E-state index in [4.69, 9.17) is 81.7 Å². The number of halogens is 6. The summed E-state index contributed by atoms with van der Waals surface area (Å²) in [5.74, 6) is 1.85. The second-order valence-corrected chi connectivity index (χ2v) is 33.5. The maximum Gasteiger partial charge on any atom is 0.215 e. The molecule has 554 valence electrons. The van der Waals surface area contributed by atoms with Crippen LogP contribution >= 0.6 is 73.9 Å². The van der Waals surface area contributed by atoms with Gasteiger partial charge in [-0.25, -0.2) is 0 Å². The van der Waals surface area contributed by atoms with Crippen LogP contribution in [0.5, 0.6) is 28.7 Å². The van der Waals surface area contributed by atoms with Crippen LogP contribution in [0, 0.1) is 111 Å². The van der Waals surface area contributed by atoms with Gasteiger partial charge in [0.1, 0.15) is 11.6 Å². The molecule has 5 aromatic rings. The standard InChI is InChI=1S/C18H18BrClO2.2C17H19ClO3.C17H17ClO3.C16H15ClO3/c1-9-5-12(4)18(13(6-9)8-19)17(21)14-10(2)7-11(3)15(20)16(14)22-18;3*1-8-5-9(2)14(18)15-13(8)16(20)17(21-15)10(3)6-12(19)7-11(17)4;1-8-6-9(2)13(17)14-12(8)15(19)16(20-14)5-4-11(18)7-10(16)3/h6-7,12H,1,5,8H2,2-4H3;2*5,10-11H,6-7H2,1-4H3;5-6,11H,7H2,1-4H3;4-6,10H,7H2,1-3H3/t12-,18+;2*10-,11?,17?;11-,17-;10-,16-/m11011/s1. The summed E-state index contributed by atoms with van der Waals surface area (Å²) in [4.78, 5) is 112. The lowest BCUT2D eigenvalue weighted by Gasteiger charge is -2.41. The first-order valence-corrected chi connectivity index (χ1v) is 38.7. The maximum atomic E-state index is 13.3. The van der Waals surface area contributed by atoms with Gasteiger partial charge in [0.25, 0.3) is 0 Å². The number of aryl methyl sites for hydroxylation is 10. The van der Waals surface area contributed by atoms with Crippen LogP contribution in [0.1, 0.15) is 208 Å². The molecular weight excluding hydrogens is 1500 g/mol. The number of rotatable bonds is 1. The zero-order valence-corrected chi connectivity index (χ0v) is 68.0. The normalized spacial score (nSPS) is 29.1. The highest BCUT2D eigenvalue weighted by molar-refractivity contribution is 9.09. The molecule has 2 saturated carbocycles. The third-order valence-electron chi connectivity index (χ3n) is 23.5. The van der Waals surface area contributed by atoms with Gasteiger partial charge in [-0.2, -0.15) is 0 Å². The molecule has 0 amide bonds. The van der Waals surface area contributed by atoms with Crippen LogP contribution in [0.2, 0.25) is 25.1 Å². The van der Waals surface area contributed by atoms with Crippen molar-refractivity contribution in [3.05, 3.63) is 186 Å². The molecule has 5 aromatic carbocycles. The monoisotopic (exact) mass is 1590 g/mol. The molecule has 0 radical (unpaired) electrons. The van der Waals surface area contributed by atoms with E-state index in [1.54, 1.807) is 13.0 Å². The highest BCUT2D eigenvalue weighted by Gasteiger charge is 2.63. The molecule has 105 heavy (non-hydrogen) atoms. The van der Waals surface area contributed by atoms with Gasteiger partial charge >= 0.3 is 0 Å². The van der Waals surface area contributed by atoms with Crippen molar-refractivity contribution in [2.75, 3.05) is 5.33 Å². The number of alkyl halides is 1. The van der Waals surface area contributed by atoms with Crippen LogP contribution < -0.4 is 23.7 Å². The highest BCUT2D eigenvalue weighted by Crippen LogP contribution is 2.57. The summed E-state index contributed by atoms with van der Waals surface area (Å²) in [6, 6.07) is 9.59. The SMILES string of the molecule is C=C1C=C(CBr)[C@@]2(Oc3c(Cl)c(C)cc(C)c3C2=O)[C@H](C)C1.CC1=CC(=O)C[C@@H](C)[C@]12Oc1c(Cl)c(C)cc(C)c1C2=O.Cc1cc(C)c2c(c1Cl)OC1(C2=O)C(C)CC(=O)C[C@@H]1C.Cc1cc(C)c2c(c1Cl)OC1(C2=O)C(C)CC(=O)C[C@H]1C.Cc1cc(C)c2c(c1Cl)O[C@@]1(C=CC(=O)C[C@H]1C)C2=O. The summed E-state index contributed by atoms with van der Waals surface area (Å²) in [5.41, 5.74) is 9.54. The van der Waals surface area contributed by atoms with Gasteiger partial charge in [0.05, 0.1) is 52.9 Å². The molecule has 2 fully saturated rings. The van der Waals surface area contributed by atoms with Gasteiger partial charge in [-0.05, 0) is 168 Å². The molecule has 5 aliphatic carbocycles. The fourth-order valence-corrected chi connectivity index (χ4v) is 19.6. The molecule has 5 spiro atoms. The lowest BCUT2D eigenvalue weighted by Crippen LogP contribution is -2.55. The Morgan fingerprint density at radius 1 is 0.371 bits per heavy atom. The van der Waals surface area contributed by atoms with E-state index in [0.717, 1.165) is 73.2 Å². The molecule has 14 nitrogen and oxygen atoms in total. The van der Waals surface area contributed by atoms with Crippen molar-refractivity contribution in [3.8, 4) is 28.7 Å². The number of allylic oxidation sites excluding steroid dienone is 4. The first kappa shape index (κ1) is 79.1. The van der Waals surface area contributed by atoms with Crippen molar-refractivity contribution < 1.29 is 66.8 Å². The van der Waals surface area contributed by atoms with E-state index in [1.165, 1.54) is 12.2 Å². The summed E-state index contributed by atoms with van der Waals surface area (Å²) in [6.45, 7) is 38.4. The van der Waals surface area contributed by atoms with Crippen LogP contribution in [0.3, 0.4) is 0 Å². The lowest BCUT2D eigenvalue weighted by molar-refractivity contribution is -0.129. The van der Waals surface area contributed by atoms with Crippen molar-refractivity contribution >= 4 is 126 Å². The number of carbonyl (C=O) groups is 9. The first-order chi connectivity index (χ1) is 49.0. The fourth-order valence-electron chi connectivity index (χ4n) is 18.1. The number of ketones is 9. The van der Waals surface area contributed by atoms with Crippen molar-refractivity contribution in [1.29, 1.82) is 0 Å². The van der Waals surface area contributed by atoms with E-state index in [1.807, 2.05) is 154 Å². The molecule has 10 aliphatic rings. The number of benzene rings is 5. The molecule has 15 rings (SSSR count). The van der Waals surface area contributed by atoms with Gasteiger partial charge in [0.2, 0.25) is 28.9 Å². The quantitative estimate of drug-likeness (QED) is 0.144. The first-order valence-electron chi connectivity index (χ1n) is 35.6. The van der Waals surface area contributed by atoms with E-state index < -0.39 is 28.0 Å². The number of hydrogen-bond acceptors (Lipinski definition) is 14. The average molecular weight is 1590 g/mol. The van der Waals surface area contributed by atoms with E-state index >= 15 is 0 Å². The number of Topliss-reactive ketones (excluding diaryl/α,β-unsaturated/α-hetero) is 7. The minimum atomic E-state index is -1.07. The van der Waals surface area contributed by atoms with Crippen LogP contribution in [-0.2, 0) is 19.2 Å². The minimum Gasteiger partial charge on any atom is -0.476 e. The van der Waals surface area contributed by atoms with Gasteiger partial charge in [0, 0.05) is 85.3 Å². The van der Waals surface area contributed by atoms with E-state index in [2.05, 4.69) is 22.5 Å². The predicted octanol–water partition coefficient (Wildman–Crippen LogP) is 20.3. The second kappa shape index (κ2) is 28.5. The topological polar surface area (TPSA) is 200 Å². The maximum absolute atomic E-state index is 13.3. The summed E-state index contributed by atoms with van der Waals surface area (Å²) in [7, 11) is 0. The Bertz CT molecular complexity index is 4700. The van der Waals surface area contributed by atoms with Crippen molar-refractivity contribution in [2.24, 2.45) is 41.4 Å². The Kier molecular flexibility index (Phi) is 21.5. The van der Waals surface area contributed by atoms with Crippen molar-refractivity contribution in [2.45, 2.75) is 198 Å². The van der Waals surface area contributed by atoms with Gasteiger partial charge in [-0.15, -0.1) is 0 Å². The molecule has 12 atom stereocenters. The van der Waals surface area contributed by atoms with Crippen molar-refractivity contribution in [1.82, 2.24) is 0 Å². The Hall–Kier alpha value is -6.98. The third-order valence-corrected chi connectivity index (χ3v) is 26.4. The Morgan fingerprint density at radius 3 is 1.05 bits per heavy atom. The molecule has 5 aliphatic heterocycles. The third kappa shape index (κ3) is 12.4. The van der Waals surface area contributed by atoms with Crippen LogP contribution in [0.25, 0.3) is 0 Å². The minimum absolute atomic E-state index is 0.00981. The Morgan fingerprint density at radius 2 is 0.686 bits per heavy atom. The lowest BCUT2D eigenvalue weighted by atomic mass is 9.66. The van der Waals surface area contributed by atoms with E-state index in [0.29, 0.717) is 131 Å². The van der Waals surface area contributed by atoms with Gasteiger partial charge < -0.3 is 23.7 Å². The molecule has 0 N–H and O–H groups in total. The summed E-state index contributed by atoms with van der Waals surface area (Å²) >= 11 is 35.3. The second-order valence-electron chi connectivity index (χ2n) is 31.0. The number of fused-ring (bicyclic) bond motifs is 5. The summed E-state index contributed by atoms with van der Waals surface area (Å²) in [5, 5.41) is 3.10. The Balaban J connectivity index is 0.000000131. The van der Waals surface area contributed by atoms with E-state index in [9.17, 15) is 43.2 Å². The van der Waals surface area contributed by atoms with Gasteiger partial charge in [-0.3, -0.25) is 43.2 Å². The van der Waals surface area contributed by atoms with Crippen LogP contribution in [-0.4, -0.2) is 85.4 Å². The van der Waals surface area contributed by atoms with Gasteiger partial charge in [0.15, 0.2) is 68.3 Å². The van der Waals surface area contributed by atoms with E-state index in [-0.39, 0.29) is 93.5 Å². The molecular formula is C85H88BrCl5O14. The van der Waals surface area contributed by atoms with Gasteiger partial charge in [-0.1, -0.05) is 171 Å². The van der Waals surface area contributed by atoms with Crippen LogP contribution in [0.15, 0.2) is 77.9 Å². The Labute approximate surface area is 647 Å². The zero-order chi connectivity index (χ0) is 77.5. The average Bonchev–Trinajstić information content (AvgIpc) is 1.60. The highest BCUT2D eigenvalue weighted by atomic mass is 79.9. The van der Waals surface area contributed by atoms with Crippen molar-refractivity contribution in [3.63, 3.8) is 0 Å². The summed E-state index contributed by atoms with van der Waals surface area (Å²) < 4.78 is 30.7. The summed E-state index contributed by atoms with van der Waals surface area (Å²) in [6.07, 6.45) is 9.47. The predicted molar refractivity (Wildman–Crippen MR) is 413 cm³/mol. The number of carbonyl (C=O) groups excluding carboxylic acids is 9. The fraction of sp³-hybridized carbons (Fsp3) is 0.447. The zero-order valence-electron chi connectivity index (χ0n) is 62.6. The smallest absolute Gasteiger partial charge is 0.215 e. The molecule has 5 heterocycles. The molecule has 4 unspecified atom stereocenters.